The molecule has 1 unspecified atom stereocenters. The van der Waals surface area contributed by atoms with Gasteiger partial charge in [0.25, 0.3) is 5.91 Å². The Morgan fingerprint density at radius 2 is 2.19 bits per heavy atom. The molecule has 26 heavy (non-hydrogen) atoms. The summed E-state index contributed by atoms with van der Waals surface area (Å²) in [5, 5.41) is 2.50. The lowest BCUT2D eigenvalue weighted by Crippen LogP contribution is -2.37. The van der Waals surface area contributed by atoms with E-state index in [9.17, 15) is 19.2 Å². The van der Waals surface area contributed by atoms with Gasteiger partial charge in [0.2, 0.25) is 12.3 Å². The number of benzene rings is 1. The molecule has 1 aromatic carbocycles. The number of carbonyl (C=O) groups excluding carboxylic acids is 4. The van der Waals surface area contributed by atoms with Gasteiger partial charge in [-0.15, -0.1) is 0 Å². The number of rotatable bonds is 10. The molecule has 1 atom stereocenters. The zero-order valence-electron chi connectivity index (χ0n) is 14.9. The summed E-state index contributed by atoms with van der Waals surface area (Å²) < 4.78 is 5.72. The summed E-state index contributed by atoms with van der Waals surface area (Å²) in [4.78, 5) is 49.1. The topological polar surface area (TPSA) is 96.0 Å². The quantitative estimate of drug-likeness (QED) is 0.601. The minimum absolute atomic E-state index is 0.168. The Balaban J connectivity index is 2.09. The number of hydrogen-bond acceptors (Lipinski definition) is 5. The molecular weight excluding hydrogens is 338 g/mol. The number of likely N-dealkylation sites (N-methyl/N-ethyl adjacent to an activating group) is 1. The highest BCUT2D eigenvalue weighted by atomic mass is 16.5. The Kier molecular flexibility index (Phi) is 6.71. The molecule has 1 aromatic rings. The molecular formula is C18H23N3O5. The maximum Gasteiger partial charge on any atom is 0.255 e. The van der Waals surface area contributed by atoms with Crippen molar-refractivity contribution in [1.29, 1.82) is 0 Å². The van der Waals surface area contributed by atoms with Crippen LogP contribution < -0.4 is 10.1 Å². The molecule has 0 aliphatic carbocycles. The van der Waals surface area contributed by atoms with E-state index in [2.05, 4.69) is 5.32 Å². The summed E-state index contributed by atoms with van der Waals surface area (Å²) in [5.41, 5.74) is 1.22. The molecule has 8 nitrogen and oxygen atoms in total. The Hall–Kier alpha value is -2.90. The van der Waals surface area contributed by atoms with Crippen LogP contribution in [0.1, 0.15) is 28.8 Å². The molecule has 0 spiro atoms. The molecule has 1 aliphatic heterocycles. The highest BCUT2D eigenvalue weighted by molar-refractivity contribution is 6.00. The first kappa shape index (κ1) is 19.4. The van der Waals surface area contributed by atoms with Crippen molar-refractivity contribution in [3.8, 4) is 5.75 Å². The summed E-state index contributed by atoms with van der Waals surface area (Å²) in [7, 11) is 3.18. The van der Waals surface area contributed by atoms with E-state index in [1.807, 2.05) is 0 Å². The second-order valence-electron chi connectivity index (χ2n) is 6.07. The van der Waals surface area contributed by atoms with Crippen molar-refractivity contribution in [2.24, 2.45) is 0 Å². The number of ether oxygens (including phenoxy) is 1. The second-order valence-corrected chi connectivity index (χ2v) is 6.07. The SMILES string of the molecule is CNC(=O)CCC(C=O)N1Cc2c(OCCN(C)C=O)cccc2C1=O. The van der Waals surface area contributed by atoms with Crippen molar-refractivity contribution in [2.75, 3.05) is 27.2 Å². The van der Waals surface area contributed by atoms with Crippen LogP contribution in [0.25, 0.3) is 0 Å². The molecule has 3 amide bonds. The van der Waals surface area contributed by atoms with E-state index in [-0.39, 0.29) is 31.2 Å². The molecule has 0 aromatic heterocycles. The Labute approximate surface area is 152 Å². The van der Waals surface area contributed by atoms with Gasteiger partial charge in [0, 0.05) is 31.6 Å². The van der Waals surface area contributed by atoms with Crippen LogP contribution in [-0.4, -0.2) is 67.6 Å². The van der Waals surface area contributed by atoms with Gasteiger partial charge >= 0.3 is 0 Å². The van der Waals surface area contributed by atoms with E-state index in [1.54, 1.807) is 25.2 Å². The van der Waals surface area contributed by atoms with Crippen LogP contribution in [-0.2, 0) is 20.9 Å². The third kappa shape index (κ3) is 4.38. The van der Waals surface area contributed by atoms with Crippen LogP contribution in [0.15, 0.2) is 18.2 Å². The first-order valence-electron chi connectivity index (χ1n) is 8.38. The van der Waals surface area contributed by atoms with E-state index in [4.69, 9.17) is 4.74 Å². The maximum atomic E-state index is 12.6. The monoisotopic (exact) mass is 361 g/mol. The zero-order chi connectivity index (χ0) is 19.1. The highest BCUT2D eigenvalue weighted by Gasteiger charge is 2.34. The van der Waals surface area contributed by atoms with Crippen molar-refractivity contribution < 1.29 is 23.9 Å². The van der Waals surface area contributed by atoms with Crippen molar-refractivity contribution in [2.45, 2.75) is 25.4 Å². The Bertz CT molecular complexity index is 691. The number of nitrogens with zero attached hydrogens (tertiary/aromatic N) is 2. The minimum Gasteiger partial charge on any atom is -0.491 e. The molecule has 8 heteroatoms. The molecule has 0 bridgehead atoms. The van der Waals surface area contributed by atoms with E-state index in [0.717, 1.165) is 5.56 Å². The maximum absolute atomic E-state index is 12.6. The number of aldehydes is 1. The fourth-order valence-corrected chi connectivity index (χ4v) is 2.78. The van der Waals surface area contributed by atoms with Crippen LogP contribution >= 0.6 is 0 Å². The molecule has 0 radical (unpaired) electrons. The van der Waals surface area contributed by atoms with E-state index in [0.29, 0.717) is 37.2 Å². The number of amides is 3. The lowest BCUT2D eigenvalue weighted by Gasteiger charge is -2.22. The number of fused-ring (bicyclic) bond motifs is 1. The number of nitrogens with one attached hydrogen (secondary N) is 1. The molecule has 1 aliphatic rings. The predicted molar refractivity (Wildman–Crippen MR) is 93.7 cm³/mol. The Morgan fingerprint density at radius 1 is 1.42 bits per heavy atom. The van der Waals surface area contributed by atoms with Gasteiger partial charge in [-0.25, -0.2) is 0 Å². The van der Waals surface area contributed by atoms with Crippen LogP contribution in [0.2, 0.25) is 0 Å². The van der Waals surface area contributed by atoms with Crippen LogP contribution in [0.5, 0.6) is 5.75 Å². The molecule has 0 saturated heterocycles. The van der Waals surface area contributed by atoms with Gasteiger partial charge in [0.05, 0.1) is 19.1 Å². The second kappa shape index (κ2) is 8.98. The first-order chi connectivity index (χ1) is 12.5. The Morgan fingerprint density at radius 3 is 2.85 bits per heavy atom. The van der Waals surface area contributed by atoms with Crippen LogP contribution in [0.3, 0.4) is 0 Å². The predicted octanol–water partition coefficient (Wildman–Crippen LogP) is 0.203. The first-order valence-corrected chi connectivity index (χ1v) is 8.38. The number of hydrogen-bond donors (Lipinski definition) is 1. The lowest BCUT2D eigenvalue weighted by molar-refractivity contribution is -0.121. The minimum atomic E-state index is -0.666. The smallest absolute Gasteiger partial charge is 0.255 e. The van der Waals surface area contributed by atoms with E-state index < -0.39 is 6.04 Å². The lowest BCUT2D eigenvalue weighted by atomic mass is 10.1. The van der Waals surface area contributed by atoms with Gasteiger partial charge in [0.15, 0.2) is 0 Å². The average Bonchev–Trinajstić information content (AvgIpc) is 2.99. The fourth-order valence-electron chi connectivity index (χ4n) is 2.78. The van der Waals surface area contributed by atoms with Gasteiger partial charge in [-0.3, -0.25) is 14.4 Å². The standard InChI is InChI=1S/C18H23N3O5/c1-19-17(24)7-6-13(11-22)21-10-15-14(18(21)25)4-3-5-16(15)26-9-8-20(2)12-23/h3-5,11-13H,6-10H2,1-2H3,(H,19,24). The molecule has 140 valence electrons. The largest absolute Gasteiger partial charge is 0.491 e. The number of carbonyl (C=O) groups is 4. The normalized spacial score (nSPS) is 13.8. The molecule has 1 N–H and O–H groups in total. The van der Waals surface area contributed by atoms with Gasteiger partial charge in [-0.2, -0.15) is 0 Å². The van der Waals surface area contributed by atoms with E-state index >= 15 is 0 Å². The van der Waals surface area contributed by atoms with Gasteiger partial charge in [0.1, 0.15) is 18.6 Å². The summed E-state index contributed by atoms with van der Waals surface area (Å²) in [6, 6.07) is 4.51. The fraction of sp³-hybridized carbons (Fsp3) is 0.444. The molecule has 0 fully saturated rings. The third-order valence-electron chi connectivity index (χ3n) is 4.34. The molecule has 0 saturated carbocycles. The van der Waals surface area contributed by atoms with Crippen LogP contribution in [0, 0.1) is 0 Å². The van der Waals surface area contributed by atoms with Crippen molar-refractivity contribution in [1.82, 2.24) is 15.1 Å². The van der Waals surface area contributed by atoms with Crippen molar-refractivity contribution >= 4 is 24.5 Å². The van der Waals surface area contributed by atoms with Gasteiger partial charge in [-0.05, 0) is 18.6 Å². The summed E-state index contributed by atoms with van der Waals surface area (Å²) >= 11 is 0. The average molecular weight is 361 g/mol. The molecule has 1 heterocycles. The van der Waals surface area contributed by atoms with Crippen molar-refractivity contribution in [3.05, 3.63) is 29.3 Å². The third-order valence-corrected chi connectivity index (χ3v) is 4.34. The van der Waals surface area contributed by atoms with Gasteiger partial charge in [-0.1, -0.05) is 6.07 Å². The van der Waals surface area contributed by atoms with Crippen molar-refractivity contribution in [3.63, 3.8) is 0 Å². The zero-order valence-corrected chi connectivity index (χ0v) is 14.9. The summed E-state index contributed by atoms with van der Waals surface area (Å²) in [6.07, 6.45) is 1.85. The summed E-state index contributed by atoms with van der Waals surface area (Å²) in [5.74, 6) is 0.141. The van der Waals surface area contributed by atoms with Gasteiger partial charge < -0.3 is 24.6 Å². The summed E-state index contributed by atoms with van der Waals surface area (Å²) in [6.45, 7) is 0.979. The van der Waals surface area contributed by atoms with E-state index in [1.165, 1.54) is 16.8 Å². The van der Waals surface area contributed by atoms with Crippen LogP contribution in [0.4, 0.5) is 0 Å². The highest BCUT2D eigenvalue weighted by Crippen LogP contribution is 2.32. The molecule has 2 rings (SSSR count).